The molecule has 2 aromatic rings. The first-order valence-electron chi connectivity index (χ1n) is 5.52. The predicted octanol–water partition coefficient (Wildman–Crippen LogP) is 4.67. The Morgan fingerprint density at radius 3 is 2.65 bits per heavy atom. The molecule has 90 valence electrons. The van der Waals surface area contributed by atoms with E-state index >= 15 is 0 Å². The summed E-state index contributed by atoms with van der Waals surface area (Å²) in [5.74, 6) is 1.98. The molecule has 1 nitrogen and oxygen atoms in total. The molecular weight excluding hydrogens is 248 g/mol. The fourth-order valence-electron chi connectivity index (χ4n) is 1.61. The highest BCUT2D eigenvalue weighted by Crippen LogP contribution is 2.33. The quantitative estimate of drug-likeness (QED) is 0.742. The summed E-state index contributed by atoms with van der Waals surface area (Å²) in [5.41, 5.74) is 1.27. The highest BCUT2D eigenvalue weighted by Gasteiger charge is 2.05. The lowest BCUT2D eigenvalue weighted by molar-refractivity contribution is 0.404. The number of thioether (sulfide) groups is 1. The van der Waals surface area contributed by atoms with Crippen LogP contribution in [0.15, 0.2) is 35.2 Å². The summed E-state index contributed by atoms with van der Waals surface area (Å²) in [6.07, 6.45) is 0. The third-order valence-corrected chi connectivity index (χ3v) is 4.75. The molecule has 1 aromatic heterocycles. The Labute approximate surface area is 111 Å². The van der Waals surface area contributed by atoms with Gasteiger partial charge in [-0.2, -0.15) is 0 Å². The first-order valence-corrected chi connectivity index (χ1v) is 7.32. The van der Waals surface area contributed by atoms with Gasteiger partial charge >= 0.3 is 0 Å². The number of methoxy groups -OCH3 is 1. The Kier molecular flexibility index (Phi) is 4.13. The second-order valence-electron chi connectivity index (χ2n) is 3.96. The van der Waals surface area contributed by atoms with Crippen LogP contribution in [0.3, 0.4) is 0 Å². The zero-order chi connectivity index (χ0) is 12.3. The van der Waals surface area contributed by atoms with Gasteiger partial charge in [-0.15, -0.1) is 23.1 Å². The molecule has 0 aliphatic rings. The van der Waals surface area contributed by atoms with Crippen LogP contribution in [0.5, 0.6) is 5.75 Å². The summed E-state index contributed by atoms with van der Waals surface area (Å²) in [5, 5.41) is 0. The Bertz CT molecular complexity index is 503. The Morgan fingerprint density at radius 2 is 2.00 bits per heavy atom. The Balaban J connectivity index is 2.10. The molecule has 0 saturated carbocycles. The number of benzene rings is 1. The molecule has 0 fully saturated rings. The van der Waals surface area contributed by atoms with Crippen molar-refractivity contribution < 1.29 is 4.74 Å². The van der Waals surface area contributed by atoms with E-state index in [1.165, 1.54) is 20.2 Å². The van der Waals surface area contributed by atoms with E-state index in [1.807, 2.05) is 29.2 Å². The lowest BCUT2D eigenvalue weighted by Gasteiger charge is -2.08. The molecule has 2 rings (SSSR count). The topological polar surface area (TPSA) is 9.23 Å². The summed E-state index contributed by atoms with van der Waals surface area (Å²) < 4.78 is 5.38. The Morgan fingerprint density at radius 1 is 1.18 bits per heavy atom. The second-order valence-corrected chi connectivity index (χ2v) is 6.34. The molecule has 3 heteroatoms. The fourth-order valence-corrected chi connectivity index (χ4v) is 3.66. The van der Waals surface area contributed by atoms with Crippen molar-refractivity contribution in [3.05, 3.63) is 45.6 Å². The van der Waals surface area contributed by atoms with Crippen molar-refractivity contribution in [2.24, 2.45) is 0 Å². The summed E-state index contributed by atoms with van der Waals surface area (Å²) in [7, 11) is 1.73. The van der Waals surface area contributed by atoms with Crippen LogP contribution in [0.2, 0.25) is 0 Å². The van der Waals surface area contributed by atoms with Gasteiger partial charge in [0.05, 0.1) is 7.11 Å². The van der Waals surface area contributed by atoms with E-state index in [-0.39, 0.29) is 0 Å². The maximum atomic E-state index is 5.38. The normalized spacial score (nSPS) is 10.5. The SMILES string of the molecule is COc1ccc(C)cc1SCc1ccc(C)s1. The minimum atomic E-state index is 0.967. The number of rotatable bonds is 4. The van der Waals surface area contributed by atoms with Crippen molar-refractivity contribution in [3.8, 4) is 5.75 Å². The van der Waals surface area contributed by atoms with Gasteiger partial charge in [0, 0.05) is 20.4 Å². The molecule has 0 unspecified atom stereocenters. The van der Waals surface area contributed by atoms with Crippen LogP contribution in [0.4, 0.5) is 0 Å². The first-order chi connectivity index (χ1) is 8.19. The molecule has 0 aliphatic heterocycles. The van der Waals surface area contributed by atoms with Crippen molar-refractivity contribution in [1.29, 1.82) is 0 Å². The molecule has 1 heterocycles. The van der Waals surface area contributed by atoms with Crippen LogP contribution in [0.25, 0.3) is 0 Å². The van der Waals surface area contributed by atoms with Crippen LogP contribution in [0, 0.1) is 13.8 Å². The summed E-state index contributed by atoms with van der Waals surface area (Å²) in [6.45, 7) is 4.25. The van der Waals surface area contributed by atoms with Crippen LogP contribution in [-0.2, 0) is 5.75 Å². The van der Waals surface area contributed by atoms with Gasteiger partial charge in [-0.25, -0.2) is 0 Å². The standard InChI is InChI=1S/C14H16OS2/c1-10-4-7-13(15-3)14(8-10)16-9-12-6-5-11(2)17-12/h4-8H,9H2,1-3H3. The zero-order valence-electron chi connectivity index (χ0n) is 10.3. The van der Waals surface area contributed by atoms with Crippen LogP contribution >= 0.6 is 23.1 Å². The van der Waals surface area contributed by atoms with E-state index in [1.54, 1.807) is 7.11 Å². The average Bonchev–Trinajstić information content (AvgIpc) is 2.73. The summed E-state index contributed by atoms with van der Waals surface area (Å²) in [4.78, 5) is 4.01. The lowest BCUT2D eigenvalue weighted by Crippen LogP contribution is -1.87. The molecular formula is C14H16OS2. The van der Waals surface area contributed by atoms with Crippen molar-refractivity contribution in [1.82, 2.24) is 0 Å². The molecule has 1 aromatic carbocycles. The molecule has 0 N–H and O–H groups in total. The van der Waals surface area contributed by atoms with Gasteiger partial charge in [-0.05, 0) is 43.7 Å². The van der Waals surface area contributed by atoms with Crippen LogP contribution in [0.1, 0.15) is 15.3 Å². The van der Waals surface area contributed by atoms with E-state index in [4.69, 9.17) is 4.74 Å². The van der Waals surface area contributed by atoms with Gasteiger partial charge in [0.2, 0.25) is 0 Å². The Hall–Kier alpha value is -0.930. The van der Waals surface area contributed by atoms with E-state index in [9.17, 15) is 0 Å². The predicted molar refractivity (Wildman–Crippen MR) is 76.3 cm³/mol. The highest BCUT2D eigenvalue weighted by atomic mass is 32.2. The van der Waals surface area contributed by atoms with Crippen LogP contribution < -0.4 is 4.74 Å². The van der Waals surface area contributed by atoms with E-state index in [2.05, 4.69) is 38.1 Å². The van der Waals surface area contributed by atoms with Gasteiger partial charge in [0.25, 0.3) is 0 Å². The molecule has 0 spiro atoms. The lowest BCUT2D eigenvalue weighted by atomic mass is 10.2. The van der Waals surface area contributed by atoms with E-state index in [0.29, 0.717) is 0 Å². The third kappa shape index (κ3) is 3.27. The third-order valence-electron chi connectivity index (χ3n) is 2.49. The van der Waals surface area contributed by atoms with Gasteiger partial charge in [-0.3, -0.25) is 0 Å². The molecule has 0 atom stereocenters. The van der Waals surface area contributed by atoms with Gasteiger partial charge < -0.3 is 4.74 Å². The average molecular weight is 264 g/mol. The number of ether oxygens (including phenoxy) is 1. The van der Waals surface area contributed by atoms with Crippen molar-refractivity contribution >= 4 is 23.1 Å². The minimum Gasteiger partial charge on any atom is -0.496 e. The van der Waals surface area contributed by atoms with Gasteiger partial charge in [-0.1, -0.05) is 6.07 Å². The fraction of sp³-hybridized carbons (Fsp3) is 0.286. The monoisotopic (exact) mass is 264 g/mol. The molecule has 0 radical (unpaired) electrons. The number of hydrogen-bond acceptors (Lipinski definition) is 3. The number of thiophene rings is 1. The number of hydrogen-bond donors (Lipinski definition) is 0. The minimum absolute atomic E-state index is 0.967. The van der Waals surface area contributed by atoms with Crippen molar-refractivity contribution in [2.75, 3.05) is 7.11 Å². The van der Waals surface area contributed by atoms with E-state index < -0.39 is 0 Å². The largest absolute Gasteiger partial charge is 0.496 e. The smallest absolute Gasteiger partial charge is 0.132 e. The second kappa shape index (κ2) is 5.61. The van der Waals surface area contributed by atoms with Crippen LogP contribution in [-0.4, -0.2) is 7.11 Å². The van der Waals surface area contributed by atoms with Crippen molar-refractivity contribution in [3.63, 3.8) is 0 Å². The molecule has 0 saturated heterocycles. The number of aryl methyl sites for hydroxylation is 2. The molecule has 0 bridgehead atoms. The first kappa shape index (κ1) is 12.5. The summed E-state index contributed by atoms with van der Waals surface area (Å²) in [6, 6.07) is 10.7. The maximum Gasteiger partial charge on any atom is 0.132 e. The molecule has 0 aliphatic carbocycles. The van der Waals surface area contributed by atoms with Gasteiger partial charge in [0.15, 0.2) is 0 Å². The van der Waals surface area contributed by atoms with Gasteiger partial charge in [0.1, 0.15) is 5.75 Å². The summed E-state index contributed by atoms with van der Waals surface area (Å²) >= 11 is 3.70. The molecule has 0 amide bonds. The van der Waals surface area contributed by atoms with E-state index in [0.717, 1.165) is 11.5 Å². The maximum absolute atomic E-state index is 5.38. The zero-order valence-corrected chi connectivity index (χ0v) is 12.0. The highest BCUT2D eigenvalue weighted by molar-refractivity contribution is 7.98. The van der Waals surface area contributed by atoms with Crippen molar-refractivity contribution in [2.45, 2.75) is 24.5 Å². The molecule has 17 heavy (non-hydrogen) atoms.